The van der Waals surface area contributed by atoms with Gasteiger partial charge in [0.15, 0.2) is 0 Å². The van der Waals surface area contributed by atoms with E-state index >= 15 is 0 Å². The predicted octanol–water partition coefficient (Wildman–Crippen LogP) is 7.72. The summed E-state index contributed by atoms with van der Waals surface area (Å²) in [6.45, 7) is 8.32. The van der Waals surface area contributed by atoms with Gasteiger partial charge in [0, 0.05) is 12.8 Å². The second kappa shape index (κ2) is 28.4. The fraction of sp³-hybridized carbons (Fsp3) is 0.944. The minimum absolute atomic E-state index is 0.194. The Bertz CT molecular complexity index is 157. The largest absolute Gasteiger partial charge is 0.300 e. The van der Waals surface area contributed by atoms with Crippen LogP contribution in [0.15, 0.2) is 0 Å². The van der Waals surface area contributed by atoms with Gasteiger partial charge in [0.25, 0.3) is 0 Å². The van der Waals surface area contributed by atoms with Crippen LogP contribution in [0.5, 0.6) is 0 Å². The van der Waals surface area contributed by atoms with Crippen molar-refractivity contribution in [2.75, 3.05) is 5.34 Å². The summed E-state index contributed by atoms with van der Waals surface area (Å²) in [4.78, 5) is 10.2. The number of hydrogen-bond donors (Lipinski definition) is 0. The molecule has 3 heteroatoms. The first kappa shape index (κ1) is 26.2. The van der Waals surface area contributed by atoms with Crippen molar-refractivity contribution in [3.05, 3.63) is 0 Å². The molecule has 0 aliphatic heterocycles. The first-order valence-corrected chi connectivity index (χ1v) is 9.84. The standard InChI is InChI=1S/C12H26.C5H10O.CH2Cl2/c1-3-5-7-9-11-12-10-8-6-4-2;1-3-5(6)4-2;2-1-3/h3-12H2,1-2H3;3-4H2,1-2H3;1H2. The summed E-state index contributed by atoms with van der Waals surface area (Å²) in [6.07, 6.45) is 15.8. The molecule has 0 radical (unpaired) electrons. The second-order valence-corrected chi connectivity index (χ2v) is 5.98. The smallest absolute Gasteiger partial charge is 0.132 e. The molecule has 0 rings (SSSR count). The van der Waals surface area contributed by atoms with Crippen LogP contribution in [0.25, 0.3) is 0 Å². The molecule has 0 aliphatic rings. The number of halogens is 2. The molecule has 0 unspecified atom stereocenters. The lowest BCUT2D eigenvalue weighted by Crippen LogP contribution is -1.88. The predicted molar refractivity (Wildman–Crippen MR) is 99.7 cm³/mol. The van der Waals surface area contributed by atoms with E-state index in [9.17, 15) is 4.79 Å². The van der Waals surface area contributed by atoms with Crippen molar-refractivity contribution < 1.29 is 4.79 Å². The molecule has 21 heavy (non-hydrogen) atoms. The number of carbonyl (C=O) groups excluding carboxylic acids is 1. The zero-order chi connectivity index (χ0) is 16.8. The minimum Gasteiger partial charge on any atom is -0.300 e. The Labute approximate surface area is 144 Å². The van der Waals surface area contributed by atoms with Crippen LogP contribution in [0.2, 0.25) is 0 Å². The first-order valence-electron chi connectivity index (χ1n) is 8.77. The van der Waals surface area contributed by atoms with Gasteiger partial charge in [-0.1, -0.05) is 91.9 Å². The van der Waals surface area contributed by atoms with E-state index in [0.717, 1.165) is 0 Å². The van der Waals surface area contributed by atoms with E-state index in [1.807, 2.05) is 13.8 Å². The molecule has 0 fully saturated rings. The lowest BCUT2D eigenvalue weighted by molar-refractivity contribution is -0.118. The number of rotatable bonds is 11. The molecule has 0 amide bonds. The van der Waals surface area contributed by atoms with Gasteiger partial charge in [-0.2, -0.15) is 0 Å². The summed E-state index contributed by atoms with van der Waals surface area (Å²) in [5.74, 6) is 0.343. The maximum absolute atomic E-state index is 10.2. The Hall–Kier alpha value is 0.250. The molecular weight excluding hydrogens is 303 g/mol. The van der Waals surface area contributed by atoms with E-state index in [0.29, 0.717) is 18.6 Å². The van der Waals surface area contributed by atoms with Crippen molar-refractivity contribution in [3.63, 3.8) is 0 Å². The van der Waals surface area contributed by atoms with Gasteiger partial charge in [0.05, 0.1) is 5.34 Å². The molecule has 0 saturated heterocycles. The van der Waals surface area contributed by atoms with Crippen LogP contribution < -0.4 is 0 Å². The SMILES string of the molecule is CCC(=O)CC.CCCCCCCCCCCC.ClCCl. The molecule has 1 nitrogen and oxygen atoms in total. The maximum Gasteiger partial charge on any atom is 0.132 e. The lowest BCUT2D eigenvalue weighted by Gasteiger charge is -1.99. The summed E-state index contributed by atoms with van der Waals surface area (Å²) >= 11 is 9.53. The van der Waals surface area contributed by atoms with Crippen LogP contribution in [-0.2, 0) is 4.79 Å². The first-order chi connectivity index (χ1) is 10.1. The monoisotopic (exact) mass is 340 g/mol. The molecule has 0 aliphatic carbocycles. The topological polar surface area (TPSA) is 17.1 Å². The maximum atomic E-state index is 10.2. The van der Waals surface area contributed by atoms with Gasteiger partial charge in [0.2, 0.25) is 0 Å². The molecule has 0 saturated carbocycles. The van der Waals surface area contributed by atoms with Crippen LogP contribution in [0.3, 0.4) is 0 Å². The number of hydrogen-bond acceptors (Lipinski definition) is 1. The molecule has 130 valence electrons. The quantitative estimate of drug-likeness (QED) is 0.278. The van der Waals surface area contributed by atoms with Crippen molar-refractivity contribution in [3.8, 4) is 0 Å². The van der Waals surface area contributed by atoms with Gasteiger partial charge in [-0.25, -0.2) is 0 Å². The van der Waals surface area contributed by atoms with E-state index in [1.54, 1.807) is 0 Å². The highest BCUT2D eigenvalue weighted by atomic mass is 35.5. The van der Waals surface area contributed by atoms with Crippen molar-refractivity contribution in [2.24, 2.45) is 0 Å². The molecule has 0 N–H and O–H groups in total. The molecule has 0 aromatic rings. The molecule has 0 aromatic heterocycles. The lowest BCUT2D eigenvalue weighted by atomic mass is 10.1. The Morgan fingerprint density at radius 2 is 0.857 bits per heavy atom. The van der Waals surface area contributed by atoms with E-state index in [4.69, 9.17) is 23.2 Å². The summed E-state index contributed by atoms with van der Waals surface area (Å²) in [5, 5.41) is 0.194. The highest BCUT2D eigenvalue weighted by Crippen LogP contribution is 2.09. The van der Waals surface area contributed by atoms with Crippen LogP contribution in [0.1, 0.15) is 105 Å². The second-order valence-electron chi connectivity index (χ2n) is 5.18. The van der Waals surface area contributed by atoms with E-state index < -0.39 is 0 Å². The number of unbranched alkanes of at least 4 members (excludes halogenated alkanes) is 9. The average molecular weight is 341 g/mol. The highest BCUT2D eigenvalue weighted by molar-refractivity contribution is 6.40. The number of alkyl halides is 2. The molecule has 0 heterocycles. The van der Waals surface area contributed by atoms with Gasteiger partial charge in [-0.3, -0.25) is 4.79 Å². The zero-order valence-corrected chi connectivity index (χ0v) is 16.4. The van der Waals surface area contributed by atoms with Crippen molar-refractivity contribution in [2.45, 2.75) is 105 Å². The van der Waals surface area contributed by atoms with Gasteiger partial charge >= 0.3 is 0 Å². The van der Waals surface area contributed by atoms with Gasteiger partial charge in [-0.05, 0) is 0 Å². The third-order valence-electron chi connectivity index (χ3n) is 3.25. The van der Waals surface area contributed by atoms with Gasteiger partial charge in [-0.15, -0.1) is 23.2 Å². The van der Waals surface area contributed by atoms with Crippen LogP contribution in [0, 0.1) is 0 Å². The summed E-state index contributed by atoms with van der Waals surface area (Å²) in [6, 6.07) is 0. The van der Waals surface area contributed by atoms with Crippen molar-refractivity contribution >= 4 is 29.0 Å². The Kier molecular flexibility index (Phi) is 35.4. The summed E-state index contributed by atoms with van der Waals surface area (Å²) in [5.41, 5.74) is 0. The molecule has 0 spiro atoms. The third-order valence-corrected chi connectivity index (χ3v) is 3.25. The van der Waals surface area contributed by atoms with E-state index in [-0.39, 0.29) is 5.34 Å². The van der Waals surface area contributed by atoms with Crippen LogP contribution in [-0.4, -0.2) is 11.1 Å². The molecule has 0 aromatic carbocycles. The fourth-order valence-electron chi connectivity index (χ4n) is 1.81. The Morgan fingerprint density at radius 3 is 1.00 bits per heavy atom. The third kappa shape index (κ3) is 38.4. The Balaban J connectivity index is -0.000000300. The summed E-state index contributed by atoms with van der Waals surface area (Å²) < 4.78 is 0. The average Bonchev–Trinajstić information content (AvgIpc) is 2.50. The number of ketones is 1. The van der Waals surface area contributed by atoms with Crippen molar-refractivity contribution in [1.29, 1.82) is 0 Å². The van der Waals surface area contributed by atoms with E-state index in [1.165, 1.54) is 64.2 Å². The van der Waals surface area contributed by atoms with Gasteiger partial charge < -0.3 is 0 Å². The Morgan fingerprint density at radius 1 is 0.619 bits per heavy atom. The highest BCUT2D eigenvalue weighted by Gasteiger charge is 1.90. The van der Waals surface area contributed by atoms with Crippen LogP contribution >= 0.6 is 23.2 Å². The summed E-state index contributed by atoms with van der Waals surface area (Å²) in [7, 11) is 0. The van der Waals surface area contributed by atoms with Gasteiger partial charge in [0.1, 0.15) is 5.78 Å². The number of carbonyl (C=O) groups is 1. The van der Waals surface area contributed by atoms with E-state index in [2.05, 4.69) is 13.8 Å². The molecular formula is C18H38Cl2O. The molecule has 0 bridgehead atoms. The molecule has 0 atom stereocenters. The van der Waals surface area contributed by atoms with Crippen molar-refractivity contribution in [1.82, 2.24) is 0 Å². The number of Topliss-reactive ketones (excluding diaryl/α,β-unsaturated/α-hetero) is 1. The fourth-order valence-corrected chi connectivity index (χ4v) is 1.81. The minimum atomic E-state index is 0.194. The normalized spacial score (nSPS) is 9.24. The zero-order valence-electron chi connectivity index (χ0n) is 14.9. The van der Waals surface area contributed by atoms with Crippen LogP contribution in [0.4, 0.5) is 0 Å².